The number of hydrogen-bond acceptors (Lipinski definition) is 9. The number of anilines is 2. The van der Waals surface area contributed by atoms with Crippen LogP contribution in [0.1, 0.15) is 37.2 Å². The molecule has 1 N–H and O–H groups in total. The Kier molecular flexibility index (Phi) is 5.84. The van der Waals surface area contributed by atoms with Crippen molar-refractivity contribution < 1.29 is 13.7 Å². The Bertz CT molecular complexity index is 1220. The number of halogens is 1. The number of hydrogen-bond donors (Lipinski definition) is 1. The second-order valence-corrected chi connectivity index (χ2v) is 11.3. The zero-order valence-electron chi connectivity index (χ0n) is 19.2. The maximum Gasteiger partial charge on any atom is 0.410 e. The normalized spacial score (nSPS) is 22.9. The summed E-state index contributed by atoms with van der Waals surface area (Å²) in [5.74, 6) is 2.52. The molecule has 12 heteroatoms. The minimum Gasteiger partial charge on any atom is -0.448 e. The highest BCUT2D eigenvalue weighted by atomic mass is 35.5. The number of cyclic esters (lactones) is 1. The van der Waals surface area contributed by atoms with Gasteiger partial charge in [-0.15, -0.1) is 0 Å². The predicted octanol–water partition coefficient (Wildman–Crippen LogP) is 2.66. The van der Waals surface area contributed by atoms with Crippen LogP contribution in [0.2, 0.25) is 5.02 Å². The van der Waals surface area contributed by atoms with Crippen LogP contribution in [0.4, 0.5) is 16.6 Å². The summed E-state index contributed by atoms with van der Waals surface area (Å²) < 4.78 is 18.0. The first-order valence-corrected chi connectivity index (χ1v) is 13.6. The SMILES string of the molecule is O=C1OCCN1CC1(Nc2nc(N3CC=C(c4ncc(Cl)cn4)CC3)nc3c2[S@@](=O)CC3)CCC1. The van der Waals surface area contributed by atoms with E-state index in [-0.39, 0.29) is 11.6 Å². The molecule has 0 bridgehead atoms. The van der Waals surface area contributed by atoms with Gasteiger partial charge in [0.2, 0.25) is 5.95 Å². The molecular formula is C23H26ClN7O3S. The van der Waals surface area contributed by atoms with Gasteiger partial charge in [-0.25, -0.2) is 19.7 Å². The van der Waals surface area contributed by atoms with E-state index in [1.54, 1.807) is 17.3 Å². The first-order chi connectivity index (χ1) is 17.0. The van der Waals surface area contributed by atoms with E-state index in [2.05, 4.69) is 26.3 Å². The van der Waals surface area contributed by atoms with Crippen LogP contribution < -0.4 is 10.2 Å². The highest BCUT2D eigenvalue weighted by Crippen LogP contribution is 2.40. The molecule has 0 aromatic carbocycles. The van der Waals surface area contributed by atoms with Crippen LogP contribution in [0, 0.1) is 0 Å². The molecule has 1 saturated carbocycles. The Hall–Kier alpha value is -2.79. The van der Waals surface area contributed by atoms with Crippen molar-refractivity contribution in [2.24, 2.45) is 0 Å². The zero-order chi connectivity index (χ0) is 24.0. The summed E-state index contributed by atoms with van der Waals surface area (Å²) in [7, 11) is -1.13. The molecule has 184 valence electrons. The highest BCUT2D eigenvalue weighted by molar-refractivity contribution is 7.85. The van der Waals surface area contributed by atoms with Gasteiger partial charge in [0.25, 0.3) is 0 Å². The third kappa shape index (κ3) is 4.35. The maximum atomic E-state index is 12.8. The smallest absolute Gasteiger partial charge is 0.410 e. The lowest BCUT2D eigenvalue weighted by atomic mass is 9.76. The minimum absolute atomic E-state index is 0.268. The fourth-order valence-corrected chi connectivity index (χ4v) is 6.46. The lowest BCUT2D eigenvalue weighted by molar-refractivity contribution is 0.142. The summed E-state index contributed by atoms with van der Waals surface area (Å²) in [6, 6.07) is 0. The Balaban J connectivity index is 1.26. The van der Waals surface area contributed by atoms with Crippen LogP contribution in [0.25, 0.3) is 5.57 Å². The van der Waals surface area contributed by atoms with Crippen LogP contribution in [-0.2, 0) is 22.0 Å². The summed E-state index contributed by atoms with van der Waals surface area (Å²) >= 11 is 5.92. The number of carbonyl (C=O) groups excluding carboxylic acids is 1. The second-order valence-electron chi connectivity index (χ2n) is 9.39. The molecule has 35 heavy (non-hydrogen) atoms. The number of aryl methyl sites for hydroxylation is 1. The summed E-state index contributed by atoms with van der Waals surface area (Å²) in [4.78, 5) is 35.0. The molecule has 2 aromatic heterocycles. The van der Waals surface area contributed by atoms with Gasteiger partial charge < -0.3 is 19.9 Å². The number of aromatic nitrogens is 4. The van der Waals surface area contributed by atoms with E-state index < -0.39 is 10.8 Å². The van der Waals surface area contributed by atoms with Crippen molar-refractivity contribution in [1.29, 1.82) is 0 Å². The van der Waals surface area contributed by atoms with Crippen LogP contribution in [-0.4, -0.2) is 79.2 Å². The molecule has 1 saturated heterocycles. The van der Waals surface area contributed by atoms with Crippen LogP contribution in [0.5, 0.6) is 0 Å². The molecule has 4 aliphatic rings. The molecule has 1 aliphatic carbocycles. The first kappa shape index (κ1) is 22.7. The zero-order valence-corrected chi connectivity index (χ0v) is 20.8. The number of rotatable bonds is 6. The van der Waals surface area contributed by atoms with E-state index in [1.165, 1.54) is 0 Å². The van der Waals surface area contributed by atoms with Crippen molar-refractivity contribution in [2.45, 2.75) is 42.5 Å². The fourth-order valence-electron chi connectivity index (χ4n) is 5.05. The quantitative estimate of drug-likeness (QED) is 0.620. The second kappa shape index (κ2) is 9.02. The minimum atomic E-state index is -1.13. The summed E-state index contributed by atoms with van der Waals surface area (Å²) in [5.41, 5.74) is 1.64. The number of fused-ring (bicyclic) bond motifs is 1. The lowest BCUT2D eigenvalue weighted by Crippen LogP contribution is -2.54. The largest absolute Gasteiger partial charge is 0.448 e. The molecule has 0 spiro atoms. The van der Waals surface area contributed by atoms with E-state index in [4.69, 9.17) is 26.3 Å². The summed E-state index contributed by atoms with van der Waals surface area (Å²) in [6.45, 7) is 2.94. The Morgan fingerprint density at radius 2 is 2.00 bits per heavy atom. The average Bonchev–Trinajstić information content (AvgIpc) is 3.43. The van der Waals surface area contributed by atoms with Crippen LogP contribution in [0.15, 0.2) is 23.4 Å². The van der Waals surface area contributed by atoms with Gasteiger partial charge in [0, 0.05) is 44.2 Å². The summed E-state index contributed by atoms with van der Waals surface area (Å²) in [5, 5.41) is 4.14. The lowest BCUT2D eigenvalue weighted by Gasteiger charge is -2.45. The van der Waals surface area contributed by atoms with E-state index in [1.807, 2.05) is 0 Å². The topological polar surface area (TPSA) is 113 Å². The van der Waals surface area contributed by atoms with E-state index in [9.17, 15) is 9.00 Å². The molecule has 3 aliphatic heterocycles. The molecule has 6 rings (SSSR count). The Morgan fingerprint density at radius 3 is 2.66 bits per heavy atom. The standard InChI is InChI=1S/C23H26ClN7O3S/c24-16-12-25-19(26-13-16)15-2-7-30(8-3-15)21-27-17-4-11-35(33)18(17)20(28-21)29-23(5-1-6-23)14-31-9-10-34-22(31)32/h2,12-13H,1,3-11,14H2,(H,27,28,29)/t35-/m0/s1. The van der Waals surface area contributed by atoms with Gasteiger partial charge in [-0.1, -0.05) is 17.7 Å². The molecule has 2 fully saturated rings. The fraction of sp³-hybridized carbons (Fsp3) is 0.522. The van der Waals surface area contributed by atoms with Crippen molar-refractivity contribution in [3.8, 4) is 0 Å². The molecule has 2 aromatic rings. The van der Waals surface area contributed by atoms with Gasteiger partial charge in [-0.2, -0.15) is 4.98 Å². The molecule has 0 radical (unpaired) electrons. The highest BCUT2D eigenvalue weighted by Gasteiger charge is 2.43. The molecule has 1 amide bonds. The van der Waals surface area contributed by atoms with Crippen molar-refractivity contribution in [3.63, 3.8) is 0 Å². The van der Waals surface area contributed by atoms with Crippen molar-refractivity contribution >= 4 is 45.8 Å². The third-order valence-electron chi connectivity index (χ3n) is 7.11. The van der Waals surface area contributed by atoms with Gasteiger partial charge in [-0.3, -0.25) is 4.21 Å². The predicted molar refractivity (Wildman–Crippen MR) is 132 cm³/mol. The van der Waals surface area contributed by atoms with Gasteiger partial charge in [-0.05, 0) is 31.3 Å². The number of nitrogens with zero attached hydrogens (tertiary/aromatic N) is 6. The van der Waals surface area contributed by atoms with Crippen LogP contribution in [0.3, 0.4) is 0 Å². The third-order valence-corrected chi connectivity index (χ3v) is 8.76. The first-order valence-electron chi connectivity index (χ1n) is 11.9. The van der Waals surface area contributed by atoms with Gasteiger partial charge in [0.15, 0.2) is 5.82 Å². The number of ether oxygens (including phenoxy) is 1. The monoisotopic (exact) mass is 515 g/mol. The molecule has 1 atom stereocenters. The van der Waals surface area contributed by atoms with Crippen molar-refractivity contribution in [3.05, 3.63) is 35.0 Å². The molecule has 0 unspecified atom stereocenters. The summed E-state index contributed by atoms with van der Waals surface area (Å²) in [6.07, 6.45) is 9.41. The van der Waals surface area contributed by atoms with Crippen molar-refractivity contribution in [1.82, 2.24) is 24.8 Å². The van der Waals surface area contributed by atoms with E-state index in [0.717, 1.165) is 43.5 Å². The van der Waals surface area contributed by atoms with Gasteiger partial charge in [0.1, 0.15) is 17.3 Å². The van der Waals surface area contributed by atoms with E-state index in [0.29, 0.717) is 65.9 Å². The number of amides is 1. The maximum absolute atomic E-state index is 12.8. The number of carbonyl (C=O) groups is 1. The number of nitrogens with one attached hydrogen (secondary N) is 1. The molecule has 10 nitrogen and oxygen atoms in total. The molecular weight excluding hydrogens is 490 g/mol. The van der Waals surface area contributed by atoms with Crippen LogP contribution >= 0.6 is 11.6 Å². The van der Waals surface area contributed by atoms with Crippen molar-refractivity contribution in [2.75, 3.05) is 48.8 Å². The Labute approximate surface area is 210 Å². The van der Waals surface area contributed by atoms with E-state index >= 15 is 0 Å². The van der Waals surface area contributed by atoms with Gasteiger partial charge >= 0.3 is 6.09 Å². The van der Waals surface area contributed by atoms with Gasteiger partial charge in [0.05, 0.1) is 33.6 Å². The Morgan fingerprint density at radius 1 is 1.17 bits per heavy atom. The molecule has 5 heterocycles. The average molecular weight is 516 g/mol.